The van der Waals surface area contributed by atoms with Gasteiger partial charge in [-0.15, -0.1) is 0 Å². The van der Waals surface area contributed by atoms with Gasteiger partial charge in [0, 0.05) is 24.4 Å². The lowest BCUT2D eigenvalue weighted by molar-refractivity contribution is 0.390. The van der Waals surface area contributed by atoms with Crippen LogP contribution in [0.3, 0.4) is 0 Å². The minimum atomic E-state index is -3.48. The third-order valence-corrected chi connectivity index (χ3v) is 4.84. The molecular weight excluding hydrogens is 356 g/mol. The highest BCUT2D eigenvalue weighted by atomic mass is 79.9. The first-order chi connectivity index (χ1) is 10.0. The van der Waals surface area contributed by atoms with E-state index in [2.05, 4.69) is 25.8 Å². The van der Waals surface area contributed by atoms with Crippen LogP contribution >= 0.6 is 15.9 Å². The number of hydrogen-bond acceptors (Lipinski definition) is 4. The van der Waals surface area contributed by atoms with E-state index >= 15 is 0 Å². The third kappa shape index (κ3) is 4.66. The number of aryl methyl sites for hydroxylation is 2. The van der Waals surface area contributed by atoms with E-state index in [0.29, 0.717) is 6.42 Å². The van der Waals surface area contributed by atoms with Crippen molar-refractivity contribution in [2.24, 2.45) is 0 Å². The molecule has 0 saturated heterocycles. The number of hydrogen-bond donors (Lipinski definition) is 1. The van der Waals surface area contributed by atoms with Gasteiger partial charge >= 0.3 is 0 Å². The molecule has 1 aromatic carbocycles. The Labute approximate surface area is 132 Å². The maximum absolute atomic E-state index is 12.1. The minimum absolute atomic E-state index is 0.275. The molecule has 114 valence electrons. The quantitative estimate of drug-likeness (QED) is 0.757. The summed E-state index contributed by atoms with van der Waals surface area (Å²) in [4.78, 5) is 0.275. The van der Waals surface area contributed by atoms with Crippen LogP contribution in [0.4, 0.5) is 0 Å². The second kappa shape index (κ2) is 7.20. The summed E-state index contributed by atoms with van der Waals surface area (Å²) < 4.78 is 31.8. The Hall–Kier alpha value is -1.18. The normalized spacial score (nSPS) is 11.7. The summed E-state index contributed by atoms with van der Waals surface area (Å²) >= 11 is 3.36. The zero-order chi connectivity index (χ0) is 15.3. The van der Waals surface area contributed by atoms with Crippen LogP contribution in [0.5, 0.6) is 0 Å². The molecule has 0 amide bonds. The second-order valence-electron chi connectivity index (χ2n) is 4.66. The molecule has 0 bridgehead atoms. The molecule has 0 unspecified atom stereocenters. The van der Waals surface area contributed by atoms with Crippen molar-refractivity contribution in [3.05, 3.63) is 47.3 Å². The maximum atomic E-state index is 12.1. The maximum Gasteiger partial charge on any atom is 0.240 e. The Morgan fingerprint density at radius 2 is 1.95 bits per heavy atom. The van der Waals surface area contributed by atoms with Gasteiger partial charge in [-0.3, -0.25) is 0 Å². The smallest absolute Gasteiger partial charge is 0.240 e. The Bertz CT molecular complexity index is 680. The van der Waals surface area contributed by atoms with Crippen molar-refractivity contribution in [2.75, 3.05) is 11.9 Å². The fourth-order valence-electron chi connectivity index (χ4n) is 1.88. The topological polar surface area (TPSA) is 72.2 Å². The van der Waals surface area contributed by atoms with Crippen molar-refractivity contribution in [3.8, 4) is 0 Å². The molecule has 0 aliphatic rings. The lowest BCUT2D eigenvalue weighted by Gasteiger charge is -2.06. The van der Waals surface area contributed by atoms with Gasteiger partial charge in [0.1, 0.15) is 5.76 Å². The van der Waals surface area contributed by atoms with Gasteiger partial charge in [-0.2, -0.15) is 0 Å². The average molecular weight is 373 g/mol. The molecule has 1 N–H and O–H groups in total. The monoisotopic (exact) mass is 372 g/mol. The van der Waals surface area contributed by atoms with Crippen LogP contribution in [-0.4, -0.2) is 25.4 Å². The summed E-state index contributed by atoms with van der Waals surface area (Å²) in [6, 6.07) is 8.71. The summed E-state index contributed by atoms with van der Waals surface area (Å²) in [6.07, 6.45) is 1.37. The molecular formula is C14H17BrN2O3S. The largest absolute Gasteiger partial charge is 0.361 e. The Kier molecular flexibility index (Phi) is 5.55. The summed E-state index contributed by atoms with van der Waals surface area (Å²) in [5.74, 6) is 0.718. The van der Waals surface area contributed by atoms with Gasteiger partial charge < -0.3 is 4.52 Å². The number of sulfonamides is 1. The van der Waals surface area contributed by atoms with E-state index in [1.165, 1.54) is 0 Å². The SMILES string of the molecule is Cc1cc(CCNS(=O)(=O)c2ccc(CCBr)cc2)no1. The minimum Gasteiger partial charge on any atom is -0.361 e. The first kappa shape index (κ1) is 16.2. The van der Waals surface area contributed by atoms with Crippen LogP contribution in [0.15, 0.2) is 39.8 Å². The molecule has 1 heterocycles. The number of halogens is 1. The van der Waals surface area contributed by atoms with E-state index in [1.54, 1.807) is 25.1 Å². The summed E-state index contributed by atoms with van der Waals surface area (Å²) in [7, 11) is -3.48. The summed E-state index contributed by atoms with van der Waals surface area (Å²) in [6.45, 7) is 2.09. The van der Waals surface area contributed by atoms with Crippen LogP contribution in [0.1, 0.15) is 17.0 Å². The van der Waals surface area contributed by atoms with E-state index in [-0.39, 0.29) is 11.4 Å². The Morgan fingerprint density at radius 1 is 1.24 bits per heavy atom. The molecule has 2 rings (SSSR count). The number of nitrogens with zero attached hydrogens (tertiary/aromatic N) is 1. The zero-order valence-corrected chi connectivity index (χ0v) is 14.1. The molecule has 0 saturated carbocycles. The second-order valence-corrected chi connectivity index (χ2v) is 7.22. The number of benzene rings is 1. The number of rotatable bonds is 7. The van der Waals surface area contributed by atoms with Crippen LogP contribution in [0.25, 0.3) is 0 Å². The molecule has 21 heavy (non-hydrogen) atoms. The van der Waals surface area contributed by atoms with E-state index < -0.39 is 10.0 Å². The van der Waals surface area contributed by atoms with Crippen molar-refractivity contribution in [2.45, 2.75) is 24.7 Å². The average Bonchev–Trinajstić information content (AvgIpc) is 2.85. The summed E-state index contributed by atoms with van der Waals surface area (Å²) in [5, 5.41) is 4.68. The highest BCUT2D eigenvalue weighted by Gasteiger charge is 2.13. The van der Waals surface area contributed by atoms with Crippen molar-refractivity contribution < 1.29 is 12.9 Å². The van der Waals surface area contributed by atoms with Crippen LogP contribution in [-0.2, 0) is 22.9 Å². The first-order valence-electron chi connectivity index (χ1n) is 6.58. The van der Waals surface area contributed by atoms with E-state index in [9.17, 15) is 8.42 Å². The van der Waals surface area contributed by atoms with Gasteiger partial charge in [0.2, 0.25) is 10.0 Å². The molecule has 0 fully saturated rings. The van der Waals surface area contributed by atoms with Gasteiger partial charge in [-0.05, 0) is 31.0 Å². The lowest BCUT2D eigenvalue weighted by Crippen LogP contribution is -2.26. The van der Waals surface area contributed by atoms with Crippen LogP contribution in [0.2, 0.25) is 0 Å². The molecule has 0 spiro atoms. The fraction of sp³-hybridized carbons (Fsp3) is 0.357. The standard InChI is InChI=1S/C14H17BrN2O3S/c1-11-10-13(17-20-11)7-9-16-21(18,19)14-4-2-12(3-5-14)6-8-15/h2-5,10,16H,6-9H2,1H3. The number of alkyl halides is 1. The first-order valence-corrected chi connectivity index (χ1v) is 9.18. The van der Waals surface area contributed by atoms with E-state index in [0.717, 1.165) is 28.8 Å². The molecule has 0 aliphatic carbocycles. The van der Waals surface area contributed by atoms with Crippen LogP contribution in [0, 0.1) is 6.92 Å². The van der Waals surface area contributed by atoms with Crippen molar-refractivity contribution >= 4 is 26.0 Å². The summed E-state index contributed by atoms with van der Waals surface area (Å²) in [5.41, 5.74) is 1.84. The van der Waals surface area contributed by atoms with Crippen molar-refractivity contribution in [3.63, 3.8) is 0 Å². The molecule has 0 atom stereocenters. The van der Waals surface area contributed by atoms with E-state index in [1.807, 2.05) is 12.1 Å². The van der Waals surface area contributed by atoms with Gasteiger partial charge in [0.05, 0.1) is 10.6 Å². The van der Waals surface area contributed by atoms with E-state index in [4.69, 9.17) is 4.52 Å². The van der Waals surface area contributed by atoms with Crippen molar-refractivity contribution in [1.82, 2.24) is 9.88 Å². The molecule has 0 radical (unpaired) electrons. The highest BCUT2D eigenvalue weighted by molar-refractivity contribution is 9.09. The van der Waals surface area contributed by atoms with Gasteiger partial charge in [0.15, 0.2) is 0 Å². The lowest BCUT2D eigenvalue weighted by atomic mass is 10.2. The van der Waals surface area contributed by atoms with Gasteiger partial charge in [0.25, 0.3) is 0 Å². The molecule has 5 nitrogen and oxygen atoms in total. The predicted octanol–water partition coefficient (Wildman–Crippen LogP) is 2.44. The molecule has 7 heteroatoms. The number of aromatic nitrogens is 1. The highest BCUT2D eigenvalue weighted by Crippen LogP contribution is 2.11. The van der Waals surface area contributed by atoms with Crippen LogP contribution < -0.4 is 4.72 Å². The third-order valence-electron chi connectivity index (χ3n) is 2.97. The molecule has 1 aromatic heterocycles. The number of nitrogens with one attached hydrogen (secondary N) is 1. The fourth-order valence-corrected chi connectivity index (χ4v) is 3.37. The zero-order valence-electron chi connectivity index (χ0n) is 11.7. The predicted molar refractivity (Wildman–Crippen MR) is 84.1 cm³/mol. The molecule has 2 aromatic rings. The van der Waals surface area contributed by atoms with Gasteiger partial charge in [-0.25, -0.2) is 13.1 Å². The van der Waals surface area contributed by atoms with Crippen molar-refractivity contribution in [1.29, 1.82) is 0 Å². The Morgan fingerprint density at radius 3 is 2.52 bits per heavy atom. The Balaban J connectivity index is 1.94. The van der Waals surface area contributed by atoms with Gasteiger partial charge in [-0.1, -0.05) is 33.2 Å². The molecule has 0 aliphatic heterocycles.